The van der Waals surface area contributed by atoms with E-state index in [-0.39, 0.29) is 19.2 Å². The molecule has 0 unspecified atom stereocenters. The Morgan fingerprint density at radius 3 is 2.70 bits per heavy atom. The molecule has 0 spiro atoms. The quantitative estimate of drug-likeness (QED) is 0.440. The Kier molecular flexibility index (Phi) is 7.94. The summed E-state index contributed by atoms with van der Waals surface area (Å²) in [5.74, 6) is 0.797. The number of carbonyl (C=O) groups excluding carboxylic acids is 1. The van der Waals surface area contributed by atoms with Gasteiger partial charge in [-0.3, -0.25) is 10.00 Å². The Hall–Kier alpha value is -3.36. The summed E-state index contributed by atoms with van der Waals surface area (Å²) in [6, 6.07) is 15.1. The van der Waals surface area contributed by atoms with E-state index in [0.29, 0.717) is 18.8 Å². The third-order valence-corrected chi connectivity index (χ3v) is 5.77. The standard InChI is InChI=1S/C25H31N5O3/c31-14-12-30(25(32)28-23-8-6-21(7-9-23)22-17-26-27-18-22)19-20-4-3-5-24(16-20)33-15-13-29-10-1-2-11-29/h3-9,16-18,31H,1-2,10-15,19H2,(H,26,27)(H,28,32). The van der Waals surface area contributed by atoms with Crippen LogP contribution in [0.4, 0.5) is 10.5 Å². The predicted molar refractivity (Wildman–Crippen MR) is 128 cm³/mol. The number of anilines is 1. The number of amides is 2. The van der Waals surface area contributed by atoms with Gasteiger partial charge in [0, 0.05) is 37.1 Å². The number of H-pyrrole nitrogens is 1. The summed E-state index contributed by atoms with van der Waals surface area (Å²) < 4.78 is 5.93. The molecule has 1 aliphatic rings. The molecule has 2 heterocycles. The predicted octanol–water partition coefficient (Wildman–Crippen LogP) is 3.58. The second-order valence-electron chi connectivity index (χ2n) is 8.18. The van der Waals surface area contributed by atoms with Crippen LogP contribution < -0.4 is 10.1 Å². The first kappa shape index (κ1) is 22.8. The van der Waals surface area contributed by atoms with Crippen molar-refractivity contribution in [2.75, 3.05) is 44.7 Å². The van der Waals surface area contributed by atoms with Crippen molar-refractivity contribution in [2.45, 2.75) is 19.4 Å². The molecule has 174 valence electrons. The molecule has 1 saturated heterocycles. The lowest BCUT2D eigenvalue weighted by atomic mass is 10.1. The van der Waals surface area contributed by atoms with E-state index in [1.54, 1.807) is 11.1 Å². The van der Waals surface area contributed by atoms with Crippen LogP contribution in [0.3, 0.4) is 0 Å². The van der Waals surface area contributed by atoms with Crippen LogP contribution in [0, 0.1) is 0 Å². The normalized spacial score (nSPS) is 13.7. The van der Waals surface area contributed by atoms with Gasteiger partial charge in [0.2, 0.25) is 0 Å². The van der Waals surface area contributed by atoms with Gasteiger partial charge in [0.1, 0.15) is 12.4 Å². The second-order valence-corrected chi connectivity index (χ2v) is 8.18. The van der Waals surface area contributed by atoms with Crippen LogP contribution in [0.2, 0.25) is 0 Å². The van der Waals surface area contributed by atoms with Crippen LogP contribution in [-0.4, -0.2) is 70.5 Å². The number of hydrogen-bond donors (Lipinski definition) is 3. The van der Waals surface area contributed by atoms with Crippen molar-refractivity contribution in [2.24, 2.45) is 0 Å². The summed E-state index contributed by atoms with van der Waals surface area (Å²) in [7, 11) is 0. The maximum absolute atomic E-state index is 12.9. The summed E-state index contributed by atoms with van der Waals surface area (Å²) >= 11 is 0. The minimum Gasteiger partial charge on any atom is -0.492 e. The van der Waals surface area contributed by atoms with Gasteiger partial charge >= 0.3 is 6.03 Å². The largest absolute Gasteiger partial charge is 0.492 e. The molecular formula is C25H31N5O3. The highest BCUT2D eigenvalue weighted by atomic mass is 16.5. The minimum atomic E-state index is -0.263. The number of rotatable bonds is 10. The molecule has 0 atom stereocenters. The van der Waals surface area contributed by atoms with Crippen LogP contribution in [0.1, 0.15) is 18.4 Å². The van der Waals surface area contributed by atoms with E-state index in [4.69, 9.17) is 4.74 Å². The van der Waals surface area contributed by atoms with Crippen LogP contribution in [0.25, 0.3) is 11.1 Å². The number of carbonyl (C=O) groups is 1. The highest BCUT2D eigenvalue weighted by Crippen LogP contribution is 2.21. The summed E-state index contributed by atoms with van der Waals surface area (Å²) in [6.07, 6.45) is 6.11. The van der Waals surface area contributed by atoms with E-state index in [0.717, 1.165) is 42.1 Å². The fraction of sp³-hybridized carbons (Fsp3) is 0.360. The van der Waals surface area contributed by atoms with E-state index < -0.39 is 0 Å². The number of aliphatic hydroxyl groups excluding tert-OH is 1. The number of urea groups is 1. The lowest BCUT2D eigenvalue weighted by molar-refractivity contribution is 0.185. The molecule has 33 heavy (non-hydrogen) atoms. The molecule has 0 saturated carbocycles. The number of nitrogens with one attached hydrogen (secondary N) is 2. The Labute approximate surface area is 194 Å². The minimum absolute atomic E-state index is 0.112. The molecule has 2 aromatic carbocycles. The third kappa shape index (κ3) is 6.57. The van der Waals surface area contributed by atoms with Gasteiger partial charge in [-0.05, 0) is 61.3 Å². The molecule has 1 aromatic heterocycles. The fourth-order valence-corrected chi connectivity index (χ4v) is 3.98. The van der Waals surface area contributed by atoms with E-state index in [1.165, 1.54) is 12.8 Å². The molecule has 3 aromatic rings. The summed E-state index contributed by atoms with van der Waals surface area (Å²) in [4.78, 5) is 16.9. The number of hydrogen-bond acceptors (Lipinski definition) is 5. The molecule has 8 nitrogen and oxygen atoms in total. The van der Waals surface area contributed by atoms with Crippen LogP contribution in [0.15, 0.2) is 60.9 Å². The third-order valence-electron chi connectivity index (χ3n) is 5.77. The SMILES string of the molecule is O=C(Nc1ccc(-c2cn[nH]c2)cc1)N(CCO)Cc1cccc(OCCN2CCCC2)c1. The zero-order chi connectivity index (χ0) is 22.9. The van der Waals surface area contributed by atoms with Crippen molar-refractivity contribution in [1.82, 2.24) is 20.0 Å². The highest BCUT2D eigenvalue weighted by molar-refractivity contribution is 5.89. The molecule has 2 amide bonds. The number of ether oxygens (including phenoxy) is 1. The number of benzene rings is 2. The van der Waals surface area contributed by atoms with E-state index >= 15 is 0 Å². The van der Waals surface area contributed by atoms with E-state index in [1.807, 2.05) is 54.7 Å². The molecule has 0 radical (unpaired) electrons. The molecule has 3 N–H and O–H groups in total. The number of likely N-dealkylation sites (tertiary alicyclic amines) is 1. The Bertz CT molecular complexity index is 1000. The van der Waals surface area contributed by atoms with Crippen LogP contribution in [-0.2, 0) is 6.54 Å². The molecule has 4 rings (SSSR count). The summed E-state index contributed by atoms with van der Waals surface area (Å²) in [5, 5.41) is 19.2. The topological polar surface area (TPSA) is 93.7 Å². The molecule has 8 heteroatoms. The van der Waals surface area contributed by atoms with Gasteiger partial charge in [-0.15, -0.1) is 0 Å². The summed E-state index contributed by atoms with van der Waals surface area (Å²) in [5.41, 5.74) is 3.63. The van der Waals surface area contributed by atoms with Crippen molar-refractivity contribution in [3.8, 4) is 16.9 Å². The van der Waals surface area contributed by atoms with Gasteiger partial charge < -0.3 is 20.1 Å². The van der Waals surface area contributed by atoms with Crippen molar-refractivity contribution in [3.63, 3.8) is 0 Å². The van der Waals surface area contributed by atoms with E-state index in [2.05, 4.69) is 20.4 Å². The average molecular weight is 450 g/mol. The monoisotopic (exact) mass is 449 g/mol. The van der Waals surface area contributed by atoms with Crippen molar-refractivity contribution < 1.29 is 14.6 Å². The Balaban J connectivity index is 1.33. The lowest BCUT2D eigenvalue weighted by Crippen LogP contribution is -2.36. The van der Waals surface area contributed by atoms with Crippen LogP contribution >= 0.6 is 0 Å². The first-order valence-corrected chi connectivity index (χ1v) is 11.4. The van der Waals surface area contributed by atoms with Gasteiger partial charge in [0.25, 0.3) is 0 Å². The van der Waals surface area contributed by atoms with Gasteiger partial charge in [0.05, 0.1) is 12.8 Å². The zero-order valence-corrected chi connectivity index (χ0v) is 18.7. The maximum Gasteiger partial charge on any atom is 0.322 e. The second kappa shape index (κ2) is 11.5. The van der Waals surface area contributed by atoms with Gasteiger partial charge in [-0.25, -0.2) is 4.79 Å². The van der Waals surface area contributed by atoms with Crippen LogP contribution in [0.5, 0.6) is 5.75 Å². The Morgan fingerprint density at radius 2 is 1.97 bits per heavy atom. The molecule has 1 fully saturated rings. The Morgan fingerprint density at radius 1 is 1.15 bits per heavy atom. The number of aromatic nitrogens is 2. The smallest absolute Gasteiger partial charge is 0.322 e. The van der Waals surface area contributed by atoms with Gasteiger partial charge in [-0.1, -0.05) is 24.3 Å². The van der Waals surface area contributed by atoms with E-state index in [9.17, 15) is 9.90 Å². The average Bonchev–Trinajstić information content (AvgIpc) is 3.54. The highest BCUT2D eigenvalue weighted by Gasteiger charge is 2.15. The first-order chi connectivity index (χ1) is 16.2. The number of aromatic amines is 1. The molecule has 0 bridgehead atoms. The van der Waals surface area contributed by atoms with Crippen molar-refractivity contribution in [3.05, 3.63) is 66.5 Å². The zero-order valence-electron chi connectivity index (χ0n) is 18.7. The number of nitrogens with zero attached hydrogens (tertiary/aromatic N) is 3. The fourth-order valence-electron chi connectivity index (χ4n) is 3.98. The van der Waals surface area contributed by atoms with Gasteiger partial charge in [0.15, 0.2) is 0 Å². The molecular weight excluding hydrogens is 418 g/mol. The summed E-state index contributed by atoms with van der Waals surface area (Å²) in [6.45, 7) is 4.39. The maximum atomic E-state index is 12.9. The molecule has 0 aliphatic carbocycles. The molecule has 1 aliphatic heterocycles. The van der Waals surface area contributed by atoms with Crippen molar-refractivity contribution >= 4 is 11.7 Å². The lowest BCUT2D eigenvalue weighted by Gasteiger charge is -2.23. The van der Waals surface area contributed by atoms with Gasteiger partial charge in [-0.2, -0.15) is 5.10 Å². The number of aliphatic hydroxyl groups is 1. The first-order valence-electron chi connectivity index (χ1n) is 11.4. The van der Waals surface area contributed by atoms with Crippen molar-refractivity contribution in [1.29, 1.82) is 0 Å².